The number of alkyl halides is 6. The first-order valence-corrected chi connectivity index (χ1v) is 7.48. The maximum Gasteiger partial charge on any atom is 0.499 e. The smallest absolute Gasteiger partial charge is 0.499 e. The zero-order valence-electron chi connectivity index (χ0n) is 7.52. The average Bonchev–Trinajstić information content (AvgIpc) is 1.96. The summed E-state index contributed by atoms with van der Waals surface area (Å²) in [5.74, 6) is 0. The van der Waals surface area contributed by atoms with E-state index in [9.17, 15) is 51.9 Å². The van der Waals surface area contributed by atoms with Crippen molar-refractivity contribution >= 4 is 30.8 Å². The van der Waals surface area contributed by atoms with Gasteiger partial charge in [-0.1, -0.05) is 0 Å². The standard InChI is InChI=1S/C3H2F6O6S3/c4-2(5,6)17(12,13)1(16(10)11)18(14,15)3(7,8)9/h1H,(H,10,11)/p-1. The molecular weight excluding hydrogens is 342 g/mol. The molecule has 0 saturated heterocycles. The summed E-state index contributed by atoms with van der Waals surface area (Å²) in [6, 6.07) is 0. The van der Waals surface area contributed by atoms with Crippen molar-refractivity contribution in [1.82, 2.24) is 0 Å². The summed E-state index contributed by atoms with van der Waals surface area (Å²) in [5, 5.41) is 0. The molecule has 18 heavy (non-hydrogen) atoms. The monoisotopic (exact) mass is 343 g/mol. The summed E-state index contributed by atoms with van der Waals surface area (Å²) in [6.07, 6.45) is 0. The van der Waals surface area contributed by atoms with Crippen molar-refractivity contribution in [2.75, 3.05) is 0 Å². The highest BCUT2D eigenvalue weighted by Crippen LogP contribution is 2.37. The van der Waals surface area contributed by atoms with Gasteiger partial charge in [0.2, 0.25) is 3.91 Å². The van der Waals surface area contributed by atoms with Crippen LogP contribution in [0.3, 0.4) is 0 Å². The number of halogens is 6. The first kappa shape index (κ1) is 17.6. The van der Waals surface area contributed by atoms with Crippen LogP contribution in [-0.2, 0) is 30.8 Å². The van der Waals surface area contributed by atoms with E-state index in [4.69, 9.17) is 0 Å². The third-order valence-electron chi connectivity index (χ3n) is 1.31. The van der Waals surface area contributed by atoms with E-state index in [-0.39, 0.29) is 0 Å². The SMILES string of the molecule is O=S([O-])C(S(=O)(=O)C(F)(F)F)S(=O)(=O)C(F)(F)F. The van der Waals surface area contributed by atoms with Crippen LogP contribution in [0.2, 0.25) is 0 Å². The minimum Gasteiger partial charge on any atom is -0.771 e. The van der Waals surface area contributed by atoms with Gasteiger partial charge in [-0.05, 0) is 11.1 Å². The summed E-state index contributed by atoms with van der Waals surface area (Å²) in [7, 11) is -14.2. The maximum absolute atomic E-state index is 11.9. The highest BCUT2D eigenvalue weighted by molar-refractivity contribution is 8.21. The predicted molar refractivity (Wildman–Crippen MR) is 42.7 cm³/mol. The summed E-state index contributed by atoms with van der Waals surface area (Å²) < 4.78 is 129. The van der Waals surface area contributed by atoms with E-state index in [0.29, 0.717) is 0 Å². The molecule has 0 aromatic rings. The molecule has 0 bridgehead atoms. The fourth-order valence-electron chi connectivity index (χ4n) is 0.592. The number of rotatable bonds is 3. The van der Waals surface area contributed by atoms with Crippen LogP contribution < -0.4 is 0 Å². The Morgan fingerprint density at radius 3 is 1.17 bits per heavy atom. The Morgan fingerprint density at radius 2 is 1.06 bits per heavy atom. The molecule has 1 atom stereocenters. The summed E-state index contributed by atoms with van der Waals surface area (Å²) >= 11 is -4.70. The molecule has 6 nitrogen and oxygen atoms in total. The molecule has 0 spiro atoms. The minimum atomic E-state index is -7.10. The van der Waals surface area contributed by atoms with Gasteiger partial charge >= 0.3 is 11.0 Å². The van der Waals surface area contributed by atoms with E-state index in [0.717, 1.165) is 0 Å². The second kappa shape index (κ2) is 4.61. The van der Waals surface area contributed by atoms with Crippen molar-refractivity contribution in [2.24, 2.45) is 0 Å². The molecule has 0 aliphatic rings. The van der Waals surface area contributed by atoms with Crippen molar-refractivity contribution in [3.8, 4) is 0 Å². The Kier molecular flexibility index (Phi) is 4.50. The van der Waals surface area contributed by atoms with E-state index >= 15 is 0 Å². The zero-order valence-corrected chi connectivity index (χ0v) is 9.97. The fraction of sp³-hybridized carbons (Fsp3) is 1.00. The van der Waals surface area contributed by atoms with Gasteiger partial charge in [0, 0.05) is 0 Å². The molecular formula is C3HF6O6S3-. The normalized spacial score (nSPS) is 16.9. The molecule has 0 aromatic carbocycles. The Hall–Kier alpha value is -0.410. The fourth-order valence-corrected chi connectivity index (χ4v) is 5.33. The number of hydrogen-bond donors (Lipinski definition) is 0. The van der Waals surface area contributed by atoms with Gasteiger partial charge in [0.15, 0.2) is 0 Å². The lowest BCUT2D eigenvalue weighted by molar-refractivity contribution is -0.0462. The molecule has 0 N–H and O–H groups in total. The van der Waals surface area contributed by atoms with Gasteiger partial charge in [-0.25, -0.2) is 16.8 Å². The van der Waals surface area contributed by atoms with Crippen LogP contribution in [0.4, 0.5) is 26.3 Å². The molecule has 0 heterocycles. The van der Waals surface area contributed by atoms with Gasteiger partial charge in [0.1, 0.15) is 0 Å². The lowest BCUT2D eigenvalue weighted by Crippen LogP contribution is -2.47. The molecule has 1 unspecified atom stereocenters. The lowest BCUT2D eigenvalue weighted by atomic mass is 11.5. The van der Waals surface area contributed by atoms with Gasteiger partial charge in [0.25, 0.3) is 19.7 Å². The first-order valence-electron chi connectivity index (χ1n) is 3.25. The van der Waals surface area contributed by atoms with E-state index in [1.54, 1.807) is 0 Å². The van der Waals surface area contributed by atoms with Crippen molar-refractivity contribution in [3.63, 3.8) is 0 Å². The Bertz CT molecular complexity index is 494. The molecule has 15 heteroatoms. The Labute approximate surface area is 98.1 Å². The largest absolute Gasteiger partial charge is 0.771 e. The van der Waals surface area contributed by atoms with E-state index in [1.807, 2.05) is 0 Å². The van der Waals surface area contributed by atoms with Crippen LogP contribution in [0.25, 0.3) is 0 Å². The van der Waals surface area contributed by atoms with Crippen molar-refractivity contribution < 1.29 is 51.9 Å². The second-order valence-electron chi connectivity index (χ2n) is 2.53. The van der Waals surface area contributed by atoms with Gasteiger partial charge in [0.05, 0.1) is 0 Å². The van der Waals surface area contributed by atoms with Crippen molar-refractivity contribution in [1.29, 1.82) is 0 Å². The Morgan fingerprint density at radius 1 is 0.833 bits per heavy atom. The molecule has 0 aliphatic carbocycles. The Balaban J connectivity index is 6.23. The van der Waals surface area contributed by atoms with Crippen LogP contribution in [0.5, 0.6) is 0 Å². The molecule has 0 radical (unpaired) electrons. The summed E-state index contributed by atoms with van der Waals surface area (Å²) in [4.78, 5) is 0. The van der Waals surface area contributed by atoms with E-state index in [1.165, 1.54) is 0 Å². The minimum absolute atomic E-state index is 4.69. The third-order valence-corrected chi connectivity index (χ3v) is 7.91. The predicted octanol–water partition coefficient (Wildman–Crippen LogP) is 0.0183. The van der Waals surface area contributed by atoms with E-state index in [2.05, 4.69) is 0 Å². The van der Waals surface area contributed by atoms with Gasteiger partial charge in [-0.3, -0.25) is 4.21 Å². The number of hydrogen-bond acceptors (Lipinski definition) is 6. The lowest BCUT2D eigenvalue weighted by Gasteiger charge is -2.22. The van der Waals surface area contributed by atoms with E-state index < -0.39 is 45.7 Å². The second-order valence-corrected chi connectivity index (χ2v) is 8.47. The van der Waals surface area contributed by atoms with Crippen LogP contribution in [0, 0.1) is 0 Å². The average molecular weight is 343 g/mol. The third kappa shape index (κ3) is 2.94. The highest BCUT2D eigenvalue weighted by atomic mass is 32.3. The topological polar surface area (TPSA) is 108 Å². The van der Waals surface area contributed by atoms with Crippen LogP contribution >= 0.6 is 0 Å². The van der Waals surface area contributed by atoms with Gasteiger partial charge < -0.3 is 4.55 Å². The quantitative estimate of drug-likeness (QED) is 0.528. The highest BCUT2D eigenvalue weighted by Gasteiger charge is 2.63. The van der Waals surface area contributed by atoms with Crippen LogP contribution in [0.15, 0.2) is 0 Å². The molecule has 0 aromatic heterocycles. The van der Waals surface area contributed by atoms with Crippen molar-refractivity contribution in [3.05, 3.63) is 0 Å². The molecule has 0 rings (SSSR count). The van der Waals surface area contributed by atoms with Gasteiger partial charge in [-0.15, -0.1) is 0 Å². The first-order chi connectivity index (χ1) is 7.57. The summed E-state index contributed by atoms with van der Waals surface area (Å²) in [5.41, 5.74) is -13.0. The zero-order chi connectivity index (χ0) is 15.2. The number of sulfone groups is 2. The van der Waals surface area contributed by atoms with Crippen molar-refractivity contribution in [2.45, 2.75) is 14.9 Å². The van der Waals surface area contributed by atoms with Gasteiger partial charge in [-0.2, -0.15) is 26.3 Å². The maximum atomic E-state index is 11.9. The molecule has 0 aliphatic heterocycles. The molecule has 110 valence electrons. The summed E-state index contributed by atoms with van der Waals surface area (Å²) in [6.45, 7) is 0. The molecule has 0 amide bonds. The van der Waals surface area contributed by atoms with Crippen LogP contribution in [-0.4, -0.2) is 40.5 Å². The molecule has 0 fully saturated rings. The molecule has 0 saturated carbocycles. The van der Waals surface area contributed by atoms with Crippen LogP contribution in [0.1, 0.15) is 0 Å².